The Morgan fingerprint density at radius 3 is 2.21 bits per heavy atom. The second-order valence-corrected chi connectivity index (χ2v) is 9.71. The van der Waals surface area contributed by atoms with Gasteiger partial charge in [-0.2, -0.15) is 15.0 Å². The fourth-order valence-corrected chi connectivity index (χ4v) is 4.81. The average molecular weight is 616 g/mol. The number of hydrogen-bond donors (Lipinski definition) is 7. The van der Waals surface area contributed by atoms with Crippen molar-refractivity contribution in [2.24, 2.45) is 11.5 Å². The molecule has 0 aliphatic carbocycles. The van der Waals surface area contributed by atoms with Gasteiger partial charge in [-0.05, 0) is 55.0 Å². The lowest BCUT2D eigenvalue weighted by Gasteiger charge is -2.28. The van der Waals surface area contributed by atoms with Crippen LogP contribution < -0.4 is 44.2 Å². The van der Waals surface area contributed by atoms with E-state index < -0.39 is 5.91 Å². The number of nitrogens with one attached hydrogen (secondary N) is 2. The van der Waals surface area contributed by atoms with Gasteiger partial charge in [0.2, 0.25) is 17.8 Å². The fourth-order valence-electron chi connectivity index (χ4n) is 4.81. The summed E-state index contributed by atoms with van der Waals surface area (Å²) in [5.74, 6) is 1.15. The van der Waals surface area contributed by atoms with E-state index in [2.05, 4.69) is 20.5 Å². The van der Waals surface area contributed by atoms with Gasteiger partial charge in [0.1, 0.15) is 5.75 Å². The van der Waals surface area contributed by atoms with E-state index in [9.17, 15) is 9.90 Å². The molecule has 0 bridgehead atoms. The monoisotopic (exact) mass is 615 g/mol. The number of phenolic OH excluding ortho intramolecular Hbond substituents is 1. The molecule has 3 aromatic carbocycles. The molecule has 0 saturated carbocycles. The summed E-state index contributed by atoms with van der Waals surface area (Å²) in [6.45, 7) is 3.88. The second-order valence-electron chi connectivity index (χ2n) is 9.71. The van der Waals surface area contributed by atoms with Crippen molar-refractivity contribution in [3.8, 4) is 5.75 Å². The average Bonchev–Trinajstić information content (AvgIpc) is 2.98. The highest BCUT2D eigenvalue weighted by molar-refractivity contribution is 6.09. The first kappa shape index (κ1) is 34.9. The SMILES string of the molecule is Cl.N.N.NCCN(CCN)c1nc(Nc2ccc(NC(=O)c3ccc4ccccc4c3O)cc2)nc(N2CCCCC2)n1.[HH].[HH]. The Morgan fingerprint density at radius 1 is 0.884 bits per heavy atom. The predicted molar refractivity (Wildman–Crippen MR) is 181 cm³/mol. The van der Waals surface area contributed by atoms with Crippen molar-refractivity contribution in [3.05, 3.63) is 66.2 Å². The van der Waals surface area contributed by atoms with Crippen molar-refractivity contribution in [1.29, 1.82) is 0 Å². The zero-order valence-corrected chi connectivity index (χ0v) is 25.0. The standard InChI is InChI=1S/C29H35N9O2.ClH.2H3N.2H2/c30-14-18-38(19-15-31)29-35-27(34-28(36-29)37-16-4-1-5-17-37)33-22-11-9-21(10-12-22)32-26(40)24-13-8-20-6-2-3-7-23(20)25(24)39;;;;;/h2-3,6-13,39H,1,4-5,14-19,30-31H2,(H,32,40)(H,33,34,35,36);1H;2*1H3;2*1H. The highest BCUT2D eigenvalue weighted by atomic mass is 35.5. The van der Waals surface area contributed by atoms with Crippen LogP contribution in [-0.2, 0) is 0 Å². The number of benzene rings is 3. The van der Waals surface area contributed by atoms with Crippen LogP contribution in [-0.4, -0.2) is 65.2 Å². The minimum atomic E-state index is -0.392. The smallest absolute Gasteiger partial charge is 0.259 e. The number of nitrogens with zero attached hydrogens (tertiary/aromatic N) is 5. The number of amides is 1. The molecule has 0 atom stereocenters. The maximum absolute atomic E-state index is 12.9. The zero-order chi connectivity index (χ0) is 27.9. The normalized spacial score (nSPS) is 12.4. The van der Waals surface area contributed by atoms with Gasteiger partial charge in [-0.1, -0.05) is 30.3 Å². The number of rotatable bonds is 10. The van der Waals surface area contributed by atoms with Gasteiger partial charge in [-0.3, -0.25) is 4.79 Å². The lowest BCUT2D eigenvalue weighted by atomic mass is 10.0. The Bertz CT molecular complexity index is 1470. The Morgan fingerprint density at radius 2 is 1.53 bits per heavy atom. The second kappa shape index (κ2) is 16.4. The summed E-state index contributed by atoms with van der Waals surface area (Å²) in [5, 5.41) is 18.3. The third-order valence-electron chi connectivity index (χ3n) is 6.88. The van der Waals surface area contributed by atoms with Gasteiger partial charge in [-0.15, -0.1) is 12.4 Å². The third kappa shape index (κ3) is 8.40. The molecule has 1 aromatic heterocycles. The molecular formula is C29H46ClN11O2. The van der Waals surface area contributed by atoms with Crippen molar-refractivity contribution in [2.75, 3.05) is 59.7 Å². The van der Waals surface area contributed by atoms with E-state index in [1.807, 2.05) is 41.3 Å². The summed E-state index contributed by atoms with van der Waals surface area (Å²) in [5.41, 5.74) is 13.2. The third-order valence-corrected chi connectivity index (χ3v) is 6.88. The lowest BCUT2D eigenvalue weighted by molar-refractivity contribution is 0.102. The van der Waals surface area contributed by atoms with Crippen molar-refractivity contribution in [3.63, 3.8) is 0 Å². The number of fused-ring (bicyclic) bond motifs is 1. The fraction of sp³-hybridized carbons (Fsp3) is 0.310. The summed E-state index contributed by atoms with van der Waals surface area (Å²) >= 11 is 0. The van der Waals surface area contributed by atoms with Gasteiger partial charge < -0.3 is 49.3 Å². The van der Waals surface area contributed by atoms with Crippen molar-refractivity contribution < 1.29 is 12.8 Å². The molecule has 1 amide bonds. The molecule has 1 saturated heterocycles. The minimum absolute atomic E-state index is 0. The zero-order valence-electron chi connectivity index (χ0n) is 24.2. The molecule has 2 heterocycles. The molecule has 0 unspecified atom stereocenters. The molecule has 4 aromatic rings. The number of nitrogens with two attached hydrogens (primary N) is 2. The first-order valence-electron chi connectivity index (χ1n) is 13.6. The largest absolute Gasteiger partial charge is 0.506 e. The minimum Gasteiger partial charge on any atom is -0.506 e. The molecular weight excluding hydrogens is 570 g/mol. The van der Waals surface area contributed by atoms with Crippen LogP contribution >= 0.6 is 12.4 Å². The quantitative estimate of drug-likeness (QED) is 0.129. The van der Waals surface area contributed by atoms with Gasteiger partial charge >= 0.3 is 0 Å². The van der Waals surface area contributed by atoms with E-state index >= 15 is 0 Å². The van der Waals surface area contributed by atoms with E-state index in [1.54, 1.807) is 24.3 Å². The van der Waals surface area contributed by atoms with Crippen LogP contribution in [0.2, 0.25) is 0 Å². The molecule has 1 fully saturated rings. The first-order valence-corrected chi connectivity index (χ1v) is 13.6. The van der Waals surface area contributed by atoms with Crippen LogP contribution in [0.25, 0.3) is 10.8 Å². The molecule has 1 aliphatic heterocycles. The van der Waals surface area contributed by atoms with E-state index in [4.69, 9.17) is 21.4 Å². The Balaban J connectivity index is 0.00000387. The summed E-state index contributed by atoms with van der Waals surface area (Å²) in [6.07, 6.45) is 3.40. The van der Waals surface area contributed by atoms with Crippen LogP contribution in [0.3, 0.4) is 0 Å². The van der Waals surface area contributed by atoms with Crippen molar-refractivity contribution in [1.82, 2.24) is 27.3 Å². The molecule has 43 heavy (non-hydrogen) atoms. The molecule has 13 N–H and O–H groups in total. The summed E-state index contributed by atoms with van der Waals surface area (Å²) in [4.78, 5) is 31.2. The Labute approximate surface area is 260 Å². The van der Waals surface area contributed by atoms with Crippen LogP contribution in [0.15, 0.2) is 60.7 Å². The van der Waals surface area contributed by atoms with Crippen LogP contribution in [0.1, 0.15) is 32.5 Å². The highest BCUT2D eigenvalue weighted by Gasteiger charge is 2.19. The van der Waals surface area contributed by atoms with Crippen LogP contribution in [0.4, 0.5) is 29.2 Å². The maximum Gasteiger partial charge on any atom is 0.259 e. The molecule has 14 heteroatoms. The number of aromatic nitrogens is 3. The number of carbonyl (C=O) groups excluding carboxylic acids is 1. The van der Waals surface area contributed by atoms with Crippen LogP contribution in [0.5, 0.6) is 5.75 Å². The molecule has 236 valence electrons. The van der Waals surface area contributed by atoms with Gasteiger partial charge in [-0.25, -0.2) is 0 Å². The number of piperidine rings is 1. The van der Waals surface area contributed by atoms with Gasteiger partial charge in [0, 0.05) is 58.9 Å². The number of anilines is 5. The number of carbonyl (C=O) groups is 1. The molecule has 0 spiro atoms. The Hall–Kier alpha value is -4.27. The first-order chi connectivity index (χ1) is 19.6. The van der Waals surface area contributed by atoms with E-state index in [0.29, 0.717) is 55.1 Å². The molecule has 1 aliphatic rings. The number of aromatic hydroxyl groups is 1. The summed E-state index contributed by atoms with van der Waals surface area (Å²) in [7, 11) is 0. The summed E-state index contributed by atoms with van der Waals surface area (Å²) < 4.78 is 0. The molecule has 0 radical (unpaired) electrons. The van der Waals surface area contributed by atoms with Crippen molar-refractivity contribution in [2.45, 2.75) is 19.3 Å². The van der Waals surface area contributed by atoms with Gasteiger partial charge in [0.05, 0.1) is 5.56 Å². The molecule has 13 nitrogen and oxygen atoms in total. The topological polar surface area (TPSA) is 229 Å². The van der Waals surface area contributed by atoms with E-state index in [-0.39, 0.29) is 38.9 Å². The van der Waals surface area contributed by atoms with E-state index in [1.165, 1.54) is 6.42 Å². The predicted octanol–water partition coefficient (Wildman–Crippen LogP) is 4.68. The van der Waals surface area contributed by atoms with Crippen LogP contribution in [0, 0.1) is 0 Å². The number of halogens is 1. The Kier molecular flexibility index (Phi) is 13.3. The highest BCUT2D eigenvalue weighted by Crippen LogP contribution is 2.29. The van der Waals surface area contributed by atoms with E-state index in [0.717, 1.165) is 37.0 Å². The number of phenols is 1. The van der Waals surface area contributed by atoms with Gasteiger partial charge in [0.15, 0.2) is 0 Å². The lowest BCUT2D eigenvalue weighted by Crippen LogP contribution is -2.36. The van der Waals surface area contributed by atoms with Gasteiger partial charge in [0.25, 0.3) is 5.91 Å². The van der Waals surface area contributed by atoms with Crippen molar-refractivity contribution >= 4 is 58.3 Å². The summed E-state index contributed by atoms with van der Waals surface area (Å²) in [6, 6.07) is 18.1. The maximum atomic E-state index is 12.9. The molecule has 5 rings (SSSR count). The number of hydrogen-bond acceptors (Lipinski definition) is 12.